The number of pyridine rings is 1. The Bertz CT molecular complexity index is 2310. The van der Waals surface area contributed by atoms with Crippen LogP contribution in [0, 0.1) is 0 Å². The van der Waals surface area contributed by atoms with E-state index in [1.54, 1.807) is 0 Å². The van der Waals surface area contributed by atoms with Crippen LogP contribution in [0.1, 0.15) is 0 Å². The zero-order chi connectivity index (χ0) is 29.7. The van der Waals surface area contributed by atoms with Crippen molar-refractivity contribution in [1.82, 2.24) is 4.98 Å². The Morgan fingerprint density at radius 3 is 1.89 bits per heavy atom. The third-order valence-electron chi connectivity index (χ3n) is 9.04. The Morgan fingerprint density at radius 2 is 1.07 bits per heavy atom. The maximum Gasteiger partial charge on any atom is 0.0644 e. The summed E-state index contributed by atoms with van der Waals surface area (Å²) in [6.07, 6.45) is 3.76. The highest BCUT2D eigenvalue weighted by Crippen LogP contribution is 2.50. The zero-order valence-corrected chi connectivity index (χ0v) is 24.6. The standard InChI is InChI=1S/C43H28N2/c1-2-12-34(13-3-1)45(35-14-9-23-44-28-35)36-26-32(31-20-19-29-10-4-5-11-30(29)24-31)25-33(27-36)37-21-22-42-39-16-7-6-15-38(39)41-18-8-17-40(37)43(41)42/h1-28H. The topological polar surface area (TPSA) is 16.1 Å². The molecule has 7 aromatic carbocycles. The normalized spacial score (nSPS) is 11.6. The SMILES string of the molecule is c1ccc(N(c2cccnc2)c2cc(-c3ccc4ccccc4c3)cc(-c3ccc4c5c(cccc35)-c3ccccc3-4)c2)cc1. The van der Waals surface area contributed by atoms with Crippen LogP contribution < -0.4 is 4.90 Å². The molecule has 210 valence electrons. The third kappa shape index (κ3) is 4.22. The van der Waals surface area contributed by atoms with E-state index < -0.39 is 0 Å². The molecule has 0 radical (unpaired) electrons. The Kier molecular flexibility index (Phi) is 5.85. The van der Waals surface area contributed by atoms with Gasteiger partial charge < -0.3 is 4.90 Å². The lowest BCUT2D eigenvalue weighted by molar-refractivity contribution is 1.23. The van der Waals surface area contributed by atoms with E-state index in [1.165, 1.54) is 66.1 Å². The molecule has 0 fully saturated rings. The molecule has 0 amide bonds. The highest BCUT2D eigenvalue weighted by Gasteiger charge is 2.23. The number of aromatic nitrogens is 1. The fourth-order valence-corrected chi connectivity index (χ4v) is 7.00. The fourth-order valence-electron chi connectivity index (χ4n) is 7.00. The minimum Gasteiger partial charge on any atom is -0.309 e. The molecular weight excluding hydrogens is 544 g/mol. The first kappa shape index (κ1) is 25.5. The van der Waals surface area contributed by atoms with Gasteiger partial charge in [0.15, 0.2) is 0 Å². The lowest BCUT2D eigenvalue weighted by Gasteiger charge is -2.26. The summed E-state index contributed by atoms with van der Waals surface area (Å²) in [4.78, 5) is 6.80. The highest BCUT2D eigenvalue weighted by atomic mass is 15.1. The van der Waals surface area contributed by atoms with Crippen LogP contribution >= 0.6 is 0 Å². The lowest BCUT2D eigenvalue weighted by Crippen LogP contribution is -2.10. The third-order valence-corrected chi connectivity index (χ3v) is 9.04. The van der Waals surface area contributed by atoms with Crippen molar-refractivity contribution >= 4 is 38.6 Å². The van der Waals surface area contributed by atoms with Crippen molar-refractivity contribution in [2.45, 2.75) is 0 Å². The first-order valence-electron chi connectivity index (χ1n) is 15.4. The molecule has 0 spiro atoms. The van der Waals surface area contributed by atoms with Crippen molar-refractivity contribution in [3.63, 3.8) is 0 Å². The molecule has 8 aromatic rings. The molecule has 2 heteroatoms. The first-order chi connectivity index (χ1) is 22.3. The molecular formula is C43H28N2. The summed E-state index contributed by atoms with van der Waals surface area (Å²) in [5.41, 5.74) is 13.2. The largest absolute Gasteiger partial charge is 0.309 e. The van der Waals surface area contributed by atoms with Crippen molar-refractivity contribution < 1.29 is 0 Å². The summed E-state index contributed by atoms with van der Waals surface area (Å²) in [5.74, 6) is 0. The average Bonchev–Trinajstić information content (AvgIpc) is 3.44. The van der Waals surface area contributed by atoms with Gasteiger partial charge in [-0.25, -0.2) is 0 Å². The maximum absolute atomic E-state index is 4.50. The predicted molar refractivity (Wildman–Crippen MR) is 189 cm³/mol. The van der Waals surface area contributed by atoms with Gasteiger partial charge in [0.1, 0.15) is 0 Å². The van der Waals surface area contributed by atoms with Gasteiger partial charge in [-0.1, -0.05) is 109 Å². The van der Waals surface area contributed by atoms with E-state index in [1.807, 2.05) is 18.5 Å². The number of anilines is 3. The fraction of sp³-hybridized carbons (Fsp3) is 0. The summed E-state index contributed by atoms with van der Waals surface area (Å²) in [7, 11) is 0. The summed E-state index contributed by atoms with van der Waals surface area (Å²) in [6, 6.07) is 57.1. The molecule has 0 aliphatic heterocycles. The molecule has 0 saturated heterocycles. The van der Waals surface area contributed by atoms with Gasteiger partial charge in [-0.05, 0) is 115 Å². The molecule has 1 aromatic heterocycles. The summed E-state index contributed by atoms with van der Waals surface area (Å²) >= 11 is 0. The van der Waals surface area contributed by atoms with Gasteiger partial charge in [0.2, 0.25) is 0 Å². The Morgan fingerprint density at radius 1 is 0.378 bits per heavy atom. The van der Waals surface area contributed by atoms with Crippen molar-refractivity contribution in [2.24, 2.45) is 0 Å². The quantitative estimate of drug-likeness (QED) is 0.204. The molecule has 45 heavy (non-hydrogen) atoms. The Balaban J connectivity index is 1.31. The number of hydrogen-bond acceptors (Lipinski definition) is 2. The second kappa shape index (κ2) is 10.3. The minimum absolute atomic E-state index is 1.01. The molecule has 0 unspecified atom stereocenters. The average molecular weight is 573 g/mol. The van der Waals surface area contributed by atoms with Gasteiger partial charge in [-0.2, -0.15) is 0 Å². The van der Waals surface area contributed by atoms with Gasteiger partial charge in [-0.15, -0.1) is 0 Å². The zero-order valence-electron chi connectivity index (χ0n) is 24.6. The number of hydrogen-bond donors (Lipinski definition) is 0. The van der Waals surface area contributed by atoms with E-state index in [2.05, 4.69) is 162 Å². The van der Waals surface area contributed by atoms with E-state index in [0.29, 0.717) is 0 Å². The second-order valence-corrected chi connectivity index (χ2v) is 11.6. The van der Waals surface area contributed by atoms with Crippen LogP contribution in [0.3, 0.4) is 0 Å². The molecule has 9 rings (SSSR count). The summed E-state index contributed by atoms with van der Waals surface area (Å²) < 4.78 is 0. The monoisotopic (exact) mass is 572 g/mol. The van der Waals surface area contributed by atoms with Crippen LogP contribution in [0.2, 0.25) is 0 Å². The number of fused-ring (bicyclic) bond motifs is 4. The number of rotatable bonds is 5. The van der Waals surface area contributed by atoms with Crippen LogP contribution in [-0.4, -0.2) is 4.98 Å². The number of nitrogens with zero attached hydrogens (tertiary/aromatic N) is 2. The Hall–Kier alpha value is -5.99. The smallest absolute Gasteiger partial charge is 0.0644 e. The van der Waals surface area contributed by atoms with Crippen LogP contribution in [0.5, 0.6) is 0 Å². The van der Waals surface area contributed by atoms with Crippen LogP contribution in [0.15, 0.2) is 170 Å². The lowest BCUT2D eigenvalue weighted by atomic mass is 9.91. The van der Waals surface area contributed by atoms with Gasteiger partial charge in [-0.3, -0.25) is 4.98 Å². The molecule has 2 nitrogen and oxygen atoms in total. The van der Waals surface area contributed by atoms with Crippen molar-refractivity contribution in [3.8, 4) is 44.5 Å². The number of benzene rings is 7. The van der Waals surface area contributed by atoms with E-state index in [4.69, 9.17) is 0 Å². The van der Waals surface area contributed by atoms with Gasteiger partial charge in [0.05, 0.1) is 11.9 Å². The van der Waals surface area contributed by atoms with E-state index >= 15 is 0 Å². The van der Waals surface area contributed by atoms with Crippen LogP contribution in [-0.2, 0) is 0 Å². The summed E-state index contributed by atoms with van der Waals surface area (Å²) in [6.45, 7) is 0. The molecule has 0 saturated carbocycles. The first-order valence-corrected chi connectivity index (χ1v) is 15.4. The van der Waals surface area contributed by atoms with E-state index in [-0.39, 0.29) is 0 Å². The predicted octanol–water partition coefficient (Wildman–Crippen LogP) is 11.8. The highest BCUT2D eigenvalue weighted by molar-refractivity contribution is 6.18. The van der Waals surface area contributed by atoms with Crippen molar-refractivity contribution in [1.29, 1.82) is 0 Å². The molecule has 1 heterocycles. The van der Waals surface area contributed by atoms with E-state index in [9.17, 15) is 0 Å². The van der Waals surface area contributed by atoms with E-state index in [0.717, 1.165) is 17.1 Å². The Labute approximate surface area is 262 Å². The van der Waals surface area contributed by atoms with Gasteiger partial charge in [0.25, 0.3) is 0 Å². The van der Waals surface area contributed by atoms with Gasteiger partial charge in [0, 0.05) is 17.6 Å². The van der Waals surface area contributed by atoms with Crippen LogP contribution in [0.25, 0.3) is 66.1 Å². The molecule has 1 aliphatic carbocycles. The molecule has 0 N–H and O–H groups in total. The molecule has 0 atom stereocenters. The van der Waals surface area contributed by atoms with Crippen molar-refractivity contribution in [2.75, 3.05) is 4.90 Å². The minimum atomic E-state index is 1.01. The molecule has 1 aliphatic rings. The maximum atomic E-state index is 4.50. The molecule has 0 bridgehead atoms. The van der Waals surface area contributed by atoms with Crippen molar-refractivity contribution in [3.05, 3.63) is 170 Å². The van der Waals surface area contributed by atoms with Crippen LogP contribution in [0.4, 0.5) is 17.1 Å². The second-order valence-electron chi connectivity index (χ2n) is 11.6. The number of para-hydroxylation sites is 1. The van der Waals surface area contributed by atoms with Gasteiger partial charge >= 0.3 is 0 Å². The summed E-state index contributed by atoms with van der Waals surface area (Å²) in [5, 5.41) is 5.08.